The molecule has 0 unspecified atom stereocenters. The van der Waals surface area contributed by atoms with Gasteiger partial charge in [0.05, 0.1) is 18.0 Å². The lowest BCUT2D eigenvalue weighted by Crippen LogP contribution is -2.42. The van der Waals surface area contributed by atoms with Crippen molar-refractivity contribution in [1.82, 2.24) is 14.8 Å². The van der Waals surface area contributed by atoms with Gasteiger partial charge in [0.15, 0.2) is 0 Å². The Morgan fingerprint density at radius 3 is 2.38 bits per heavy atom. The number of aryl methyl sites for hydroxylation is 2. The van der Waals surface area contributed by atoms with Crippen LogP contribution in [0.5, 0.6) is 11.5 Å². The summed E-state index contributed by atoms with van der Waals surface area (Å²) < 4.78 is 109. The van der Waals surface area contributed by atoms with Crippen molar-refractivity contribution in [2.75, 3.05) is 19.6 Å². The zero-order chi connectivity index (χ0) is 38.4. The van der Waals surface area contributed by atoms with E-state index in [1.807, 2.05) is 0 Å². The van der Waals surface area contributed by atoms with Gasteiger partial charge >= 0.3 is 12.1 Å². The highest BCUT2D eigenvalue weighted by Crippen LogP contribution is 2.41. The molecule has 4 aromatic rings. The number of benzene rings is 3. The van der Waals surface area contributed by atoms with E-state index in [2.05, 4.69) is 5.32 Å². The lowest BCUT2D eigenvalue weighted by Gasteiger charge is -2.32. The van der Waals surface area contributed by atoms with Crippen molar-refractivity contribution in [3.8, 4) is 22.6 Å². The number of ether oxygens (including phenoxy) is 1. The van der Waals surface area contributed by atoms with Crippen LogP contribution in [0.15, 0.2) is 65.6 Å². The first kappa shape index (κ1) is 37.6. The fourth-order valence-corrected chi connectivity index (χ4v) is 6.93. The number of nitrogens with zero attached hydrogens (tertiary/aromatic N) is 2. The molecule has 8 nitrogen and oxygen atoms in total. The Hall–Kier alpha value is -5.18. The minimum atomic E-state index is -5.03. The van der Waals surface area contributed by atoms with Crippen LogP contribution in [-0.4, -0.2) is 52.0 Å². The number of aliphatic carboxylic acids is 1. The zero-order valence-corrected chi connectivity index (χ0v) is 28.5. The molecule has 2 aliphatic heterocycles. The molecule has 3 aromatic carbocycles. The molecule has 3 heterocycles. The molecule has 0 saturated carbocycles. The second kappa shape index (κ2) is 14.3. The molecule has 4 bridgehead atoms. The highest BCUT2D eigenvalue weighted by molar-refractivity contribution is 5.85. The van der Waals surface area contributed by atoms with Crippen LogP contribution in [0, 0.1) is 25.5 Å². The number of rotatable bonds is 6. The number of likely N-dealkylation sites (tertiary alicyclic amines) is 1. The van der Waals surface area contributed by atoms with Crippen LogP contribution in [0.2, 0.25) is 0 Å². The Bertz CT molecular complexity index is 2140. The minimum absolute atomic E-state index is 0.0199. The lowest BCUT2D eigenvalue weighted by atomic mass is 9.92. The van der Waals surface area contributed by atoms with Gasteiger partial charge in [-0.2, -0.15) is 13.2 Å². The summed E-state index contributed by atoms with van der Waals surface area (Å²) in [5.41, 5.74) is -2.25. The molecule has 2 aliphatic rings. The van der Waals surface area contributed by atoms with Crippen molar-refractivity contribution < 1.29 is 50.2 Å². The summed E-state index contributed by atoms with van der Waals surface area (Å²) >= 11 is 0. The van der Waals surface area contributed by atoms with Gasteiger partial charge in [-0.25, -0.2) is 17.6 Å². The molecule has 15 heteroatoms. The van der Waals surface area contributed by atoms with E-state index in [0.29, 0.717) is 21.3 Å². The largest absolute Gasteiger partial charge is 0.481 e. The number of piperidine rings is 1. The Labute approximate surface area is 298 Å². The summed E-state index contributed by atoms with van der Waals surface area (Å²) in [6, 6.07) is 7.82. The number of hydrogen-bond donors (Lipinski definition) is 2. The van der Waals surface area contributed by atoms with Crippen molar-refractivity contribution >= 4 is 11.9 Å². The third-order valence-electron chi connectivity index (χ3n) is 9.65. The molecule has 280 valence electrons. The van der Waals surface area contributed by atoms with Gasteiger partial charge in [-0.1, -0.05) is 12.1 Å². The number of alkyl halides is 5. The van der Waals surface area contributed by atoms with Crippen LogP contribution >= 0.6 is 0 Å². The van der Waals surface area contributed by atoms with Gasteiger partial charge < -0.3 is 20.1 Å². The van der Waals surface area contributed by atoms with Gasteiger partial charge in [-0.3, -0.25) is 19.0 Å². The van der Waals surface area contributed by atoms with Gasteiger partial charge in [0.2, 0.25) is 5.91 Å². The predicted molar refractivity (Wildman–Crippen MR) is 179 cm³/mol. The average Bonchev–Trinajstić information content (AvgIpc) is 3.07. The number of nitrogens with one attached hydrogen (secondary N) is 1. The van der Waals surface area contributed by atoms with Crippen molar-refractivity contribution in [3.05, 3.63) is 116 Å². The topological polar surface area (TPSA) is 101 Å². The standard InChI is InChI=1S/C38H34F7N3O5/c1-20-4-3-5-30-33(20)23-14-21(2)34(40)26(15-23)29(18-32(50)51)46-36(52)35(25-16-24(53-30)6-7-28(25)39)48-19-22(27(17-31(48)49)38(43,44)45)8-11-47-12-9-37(41,42)10-13-47/h3-7,14-17,19,29,35H,8-13,18H2,1-2H3,(H,46,52)(H,50,51)/t29-,35-/m1/s1. The van der Waals surface area contributed by atoms with Crippen molar-refractivity contribution in [1.29, 1.82) is 0 Å². The monoisotopic (exact) mass is 745 g/mol. The van der Waals surface area contributed by atoms with Crippen LogP contribution in [0.4, 0.5) is 30.7 Å². The van der Waals surface area contributed by atoms with E-state index in [1.54, 1.807) is 30.0 Å². The fraction of sp³-hybridized carbons (Fsp3) is 0.342. The number of fused-ring (bicyclic) bond motifs is 6. The van der Waals surface area contributed by atoms with Gasteiger partial charge in [0.25, 0.3) is 11.5 Å². The number of hydrogen-bond acceptors (Lipinski definition) is 5. The van der Waals surface area contributed by atoms with E-state index in [9.17, 15) is 41.4 Å². The number of halogens is 7. The molecule has 2 atom stereocenters. The highest BCUT2D eigenvalue weighted by Gasteiger charge is 2.38. The maximum atomic E-state index is 15.9. The minimum Gasteiger partial charge on any atom is -0.481 e. The first-order chi connectivity index (χ1) is 24.9. The van der Waals surface area contributed by atoms with E-state index in [0.717, 1.165) is 18.3 Å². The Kier molecular flexibility index (Phi) is 10.2. The summed E-state index contributed by atoms with van der Waals surface area (Å²) in [4.78, 5) is 41.6. The number of carboxylic acid groups (broad SMARTS) is 1. The third kappa shape index (κ3) is 7.94. The van der Waals surface area contributed by atoms with E-state index in [-0.39, 0.29) is 54.7 Å². The first-order valence-corrected chi connectivity index (χ1v) is 16.7. The van der Waals surface area contributed by atoms with Crippen LogP contribution < -0.4 is 15.6 Å². The number of carbonyl (C=O) groups is 2. The predicted octanol–water partition coefficient (Wildman–Crippen LogP) is 7.73. The molecule has 2 N–H and O–H groups in total. The molecule has 6 rings (SSSR count). The van der Waals surface area contributed by atoms with Crippen molar-refractivity contribution in [2.24, 2.45) is 0 Å². The average molecular weight is 746 g/mol. The van der Waals surface area contributed by atoms with Crippen molar-refractivity contribution in [2.45, 2.75) is 63.7 Å². The highest BCUT2D eigenvalue weighted by atomic mass is 19.4. The molecule has 1 fully saturated rings. The number of aromatic nitrogens is 1. The number of pyridine rings is 1. The molecular formula is C38H34F7N3O5. The number of amides is 1. The summed E-state index contributed by atoms with van der Waals surface area (Å²) in [6.45, 7) is 2.94. The van der Waals surface area contributed by atoms with Gasteiger partial charge in [0.1, 0.15) is 29.2 Å². The van der Waals surface area contributed by atoms with E-state index in [4.69, 9.17) is 4.74 Å². The van der Waals surface area contributed by atoms with E-state index in [1.165, 1.54) is 25.1 Å². The van der Waals surface area contributed by atoms with E-state index < -0.39 is 89.2 Å². The molecule has 0 spiro atoms. The fourth-order valence-electron chi connectivity index (χ4n) is 6.93. The molecular weight excluding hydrogens is 711 g/mol. The molecule has 1 aromatic heterocycles. The Balaban J connectivity index is 1.54. The van der Waals surface area contributed by atoms with Gasteiger partial charge in [-0.05, 0) is 78.9 Å². The summed E-state index contributed by atoms with van der Waals surface area (Å²) in [7, 11) is 0. The lowest BCUT2D eigenvalue weighted by molar-refractivity contribution is -0.139. The smallest absolute Gasteiger partial charge is 0.416 e. The second-order valence-corrected chi connectivity index (χ2v) is 13.4. The molecule has 1 saturated heterocycles. The SMILES string of the molecule is Cc1cc2cc(c1F)[C@@H](CC(=O)O)NC(=O)[C@H](n1cc(CCN3CCC(F)(F)CC3)c(C(F)(F)F)cc1=O)c1cc(ccc1F)Oc1cccc(C)c1-2. The van der Waals surface area contributed by atoms with Gasteiger partial charge in [0, 0.05) is 61.4 Å². The zero-order valence-electron chi connectivity index (χ0n) is 28.5. The first-order valence-electron chi connectivity index (χ1n) is 16.7. The Morgan fingerprint density at radius 1 is 0.981 bits per heavy atom. The third-order valence-corrected chi connectivity index (χ3v) is 9.65. The van der Waals surface area contributed by atoms with Crippen LogP contribution in [0.25, 0.3) is 11.1 Å². The molecule has 0 aliphatic carbocycles. The normalized spacial score (nSPS) is 18.8. The molecule has 53 heavy (non-hydrogen) atoms. The second-order valence-electron chi connectivity index (χ2n) is 13.4. The summed E-state index contributed by atoms with van der Waals surface area (Å²) in [6.07, 6.45) is -6.47. The molecule has 1 amide bonds. The van der Waals surface area contributed by atoms with Crippen LogP contribution in [-0.2, 0) is 22.2 Å². The van der Waals surface area contributed by atoms with Crippen molar-refractivity contribution in [3.63, 3.8) is 0 Å². The summed E-state index contributed by atoms with van der Waals surface area (Å²) in [5, 5.41) is 12.3. The van der Waals surface area contributed by atoms with Crippen LogP contribution in [0.1, 0.15) is 64.7 Å². The van der Waals surface area contributed by atoms with Crippen LogP contribution in [0.3, 0.4) is 0 Å². The van der Waals surface area contributed by atoms with Gasteiger partial charge in [-0.15, -0.1) is 0 Å². The molecule has 0 radical (unpaired) electrons. The maximum absolute atomic E-state index is 15.9. The number of carboxylic acids is 1. The maximum Gasteiger partial charge on any atom is 0.416 e. The summed E-state index contributed by atoms with van der Waals surface area (Å²) in [5.74, 6) is -7.27. The van der Waals surface area contributed by atoms with E-state index >= 15 is 8.78 Å². The Morgan fingerprint density at radius 2 is 1.70 bits per heavy atom. The number of carbonyl (C=O) groups excluding carboxylic acids is 1. The quantitative estimate of drug-likeness (QED) is 0.196.